The Morgan fingerprint density at radius 2 is 1.25 bits per heavy atom. The van der Waals surface area contributed by atoms with Crippen molar-refractivity contribution >= 4 is 19.8 Å². The summed E-state index contributed by atoms with van der Waals surface area (Å²) in [6.45, 7) is 8.90. The fourth-order valence-corrected chi connectivity index (χ4v) is 2.58. The van der Waals surface area contributed by atoms with E-state index in [0.717, 1.165) is 12.2 Å². The number of phosphoric acid groups is 1. The van der Waals surface area contributed by atoms with Gasteiger partial charge in [-0.05, 0) is 6.42 Å². The average Bonchev–Trinajstić information content (AvgIpc) is 2.59. The summed E-state index contributed by atoms with van der Waals surface area (Å²) in [6.07, 6.45) is 3.42. The summed E-state index contributed by atoms with van der Waals surface area (Å²) in [6, 6.07) is 0. The maximum Gasteiger partial charge on any atom is 0.474 e. The summed E-state index contributed by atoms with van der Waals surface area (Å²) in [5, 5.41) is 0. The summed E-state index contributed by atoms with van der Waals surface area (Å²) in [7, 11) is -3.70. The van der Waals surface area contributed by atoms with Gasteiger partial charge < -0.3 is 9.47 Å². The Labute approximate surface area is 142 Å². The van der Waals surface area contributed by atoms with Crippen LogP contribution in [0.25, 0.3) is 0 Å². The number of carbonyl (C=O) groups is 2. The minimum Gasteiger partial charge on any atom is -0.462 e. The molecule has 0 saturated heterocycles. The molecule has 0 aromatic carbocycles. The van der Waals surface area contributed by atoms with Gasteiger partial charge in [0.1, 0.15) is 0 Å². The molecular weight excluding hydrogens is 339 g/mol. The molecule has 0 aromatic heterocycles. The second-order valence-electron chi connectivity index (χ2n) is 4.40. The molecule has 0 unspecified atom stereocenters. The Morgan fingerprint density at radius 1 is 0.833 bits per heavy atom. The maximum absolute atomic E-state index is 12.4. The molecule has 0 amide bonds. The number of hydrogen-bond acceptors (Lipinski definition) is 8. The van der Waals surface area contributed by atoms with E-state index in [0.29, 0.717) is 19.3 Å². The summed E-state index contributed by atoms with van der Waals surface area (Å²) in [5.41, 5.74) is 0. The number of carbonyl (C=O) groups excluding carboxylic acids is 2. The lowest BCUT2D eigenvalue weighted by atomic mass is 10.5. The summed E-state index contributed by atoms with van der Waals surface area (Å²) in [4.78, 5) is 21.7. The molecule has 8 nitrogen and oxygen atoms in total. The van der Waals surface area contributed by atoms with Crippen molar-refractivity contribution < 1.29 is 37.2 Å². The predicted octanol–water partition coefficient (Wildman–Crippen LogP) is 2.79. The van der Waals surface area contributed by atoms with Crippen LogP contribution in [0.4, 0.5) is 0 Å². The first-order chi connectivity index (χ1) is 11.5. The number of esters is 2. The van der Waals surface area contributed by atoms with Gasteiger partial charge in [-0.25, -0.2) is 14.2 Å². The van der Waals surface area contributed by atoms with Gasteiger partial charge in [0.05, 0.1) is 33.0 Å². The van der Waals surface area contributed by atoms with E-state index in [2.05, 4.69) is 13.2 Å². The zero-order chi connectivity index (χ0) is 18.3. The summed E-state index contributed by atoms with van der Waals surface area (Å²) in [5.74, 6) is -1.07. The second-order valence-corrected chi connectivity index (χ2v) is 6.07. The molecule has 0 spiro atoms. The normalized spacial score (nSPS) is 10.9. The molecule has 0 saturated carbocycles. The largest absolute Gasteiger partial charge is 0.474 e. The van der Waals surface area contributed by atoms with Crippen LogP contribution in [0.3, 0.4) is 0 Å². The first-order valence-electron chi connectivity index (χ1n) is 7.59. The van der Waals surface area contributed by atoms with Crippen molar-refractivity contribution in [2.75, 3.05) is 33.0 Å². The molecule has 0 heterocycles. The first kappa shape index (κ1) is 22.5. The molecule has 0 aromatic rings. The van der Waals surface area contributed by atoms with Gasteiger partial charge in [-0.1, -0.05) is 20.1 Å². The Hall–Kier alpha value is -1.47. The zero-order valence-corrected chi connectivity index (χ0v) is 14.8. The Kier molecular flexibility index (Phi) is 13.1. The lowest BCUT2D eigenvalue weighted by Gasteiger charge is -2.17. The van der Waals surface area contributed by atoms with Gasteiger partial charge in [0.25, 0.3) is 0 Å². The van der Waals surface area contributed by atoms with E-state index in [9.17, 15) is 14.2 Å². The highest BCUT2D eigenvalue weighted by Crippen LogP contribution is 2.49. The fourth-order valence-electron chi connectivity index (χ4n) is 1.25. The Morgan fingerprint density at radius 3 is 1.62 bits per heavy atom. The zero-order valence-electron chi connectivity index (χ0n) is 13.9. The Bertz CT molecular complexity index is 415. The van der Waals surface area contributed by atoms with Gasteiger partial charge in [-0.15, -0.1) is 0 Å². The molecule has 0 rings (SSSR count). The van der Waals surface area contributed by atoms with Crippen LogP contribution in [-0.4, -0.2) is 45.0 Å². The lowest BCUT2D eigenvalue weighted by molar-refractivity contribution is -0.138. The highest BCUT2D eigenvalue weighted by molar-refractivity contribution is 7.48. The minimum atomic E-state index is -3.70. The van der Waals surface area contributed by atoms with Crippen molar-refractivity contribution in [3.63, 3.8) is 0 Å². The number of phosphoric ester groups is 1. The van der Waals surface area contributed by atoms with Crippen LogP contribution >= 0.6 is 7.82 Å². The van der Waals surface area contributed by atoms with E-state index >= 15 is 0 Å². The third kappa shape index (κ3) is 12.0. The number of ether oxygens (including phenoxy) is 2. The van der Waals surface area contributed by atoms with Crippen LogP contribution in [0.15, 0.2) is 25.3 Å². The van der Waals surface area contributed by atoms with Crippen LogP contribution < -0.4 is 0 Å². The van der Waals surface area contributed by atoms with Gasteiger partial charge in [-0.3, -0.25) is 13.6 Å². The van der Waals surface area contributed by atoms with Crippen LogP contribution in [0.5, 0.6) is 0 Å². The number of rotatable bonds is 15. The topological polar surface area (TPSA) is 97.4 Å². The van der Waals surface area contributed by atoms with Crippen LogP contribution in [-0.2, 0) is 37.2 Å². The quantitative estimate of drug-likeness (QED) is 0.189. The predicted molar refractivity (Wildman–Crippen MR) is 87.3 cm³/mol. The van der Waals surface area contributed by atoms with Crippen molar-refractivity contribution in [2.45, 2.75) is 26.2 Å². The molecule has 0 bridgehead atoms. The van der Waals surface area contributed by atoms with Gasteiger partial charge >= 0.3 is 19.8 Å². The van der Waals surface area contributed by atoms with Crippen LogP contribution in [0.2, 0.25) is 0 Å². The van der Waals surface area contributed by atoms with Crippen molar-refractivity contribution in [1.82, 2.24) is 0 Å². The molecule has 0 aliphatic heterocycles. The van der Waals surface area contributed by atoms with Crippen molar-refractivity contribution in [3.05, 3.63) is 25.3 Å². The molecule has 0 fully saturated rings. The molecule has 9 heteroatoms. The van der Waals surface area contributed by atoms with E-state index in [1.807, 2.05) is 6.92 Å². The van der Waals surface area contributed by atoms with E-state index in [4.69, 9.17) is 23.0 Å². The van der Waals surface area contributed by atoms with E-state index in [-0.39, 0.29) is 33.0 Å². The monoisotopic (exact) mass is 364 g/mol. The maximum atomic E-state index is 12.4. The Balaban J connectivity index is 4.08. The number of hydrogen-bond donors (Lipinski definition) is 0. The van der Waals surface area contributed by atoms with Crippen molar-refractivity contribution in [1.29, 1.82) is 0 Å². The first-order valence-corrected chi connectivity index (χ1v) is 9.05. The van der Waals surface area contributed by atoms with E-state index < -0.39 is 19.8 Å². The van der Waals surface area contributed by atoms with Crippen LogP contribution in [0.1, 0.15) is 26.2 Å². The molecule has 138 valence electrons. The van der Waals surface area contributed by atoms with Crippen molar-refractivity contribution in [2.24, 2.45) is 0 Å². The van der Waals surface area contributed by atoms with Gasteiger partial charge in [0.15, 0.2) is 0 Å². The second kappa shape index (κ2) is 13.9. The third-order valence-corrected chi connectivity index (χ3v) is 3.85. The van der Waals surface area contributed by atoms with E-state index in [1.54, 1.807) is 0 Å². The van der Waals surface area contributed by atoms with Gasteiger partial charge in [-0.2, -0.15) is 0 Å². The highest BCUT2D eigenvalue weighted by atomic mass is 31.2. The fraction of sp³-hybridized carbons (Fsp3) is 0.600. The molecule has 0 radical (unpaired) electrons. The molecule has 24 heavy (non-hydrogen) atoms. The standard InChI is InChI=1S/C15H25O8P/c1-4-9-21-24(18,22-12-7-10-19-14(16)5-2)23-13-8-11-20-15(17)6-3/h5-6H,2-4,7-13H2,1H3. The summed E-state index contributed by atoms with van der Waals surface area (Å²) >= 11 is 0. The molecule has 0 aliphatic carbocycles. The third-order valence-electron chi connectivity index (χ3n) is 2.35. The van der Waals surface area contributed by atoms with Crippen LogP contribution in [0, 0.1) is 0 Å². The highest BCUT2D eigenvalue weighted by Gasteiger charge is 2.26. The molecule has 0 atom stereocenters. The van der Waals surface area contributed by atoms with Gasteiger partial charge in [0.2, 0.25) is 0 Å². The lowest BCUT2D eigenvalue weighted by Crippen LogP contribution is -2.09. The van der Waals surface area contributed by atoms with E-state index in [1.165, 1.54) is 0 Å². The van der Waals surface area contributed by atoms with Gasteiger partial charge in [0, 0.05) is 25.0 Å². The van der Waals surface area contributed by atoms with Crippen molar-refractivity contribution in [3.8, 4) is 0 Å². The minimum absolute atomic E-state index is 0.0386. The molecular formula is C15H25O8P. The molecule has 0 aliphatic rings. The molecule has 0 N–H and O–H groups in total. The smallest absolute Gasteiger partial charge is 0.462 e. The average molecular weight is 364 g/mol. The summed E-state index contributed by atoms with van der Waals surface area (Å²) < 4.78 is 37.4. The SMILES string of the molecule is C=CC(=O)OCCCOP(=O)(OCCC)OCCCOC(=O)C=C.